The minimum Gasteiger partial charge on any atom is -0.392 e. The Balaban J connectivity index is 1.32. The molecule has 2 amide bonds. The lowest BCUT2D eigenvalue weighted by atomic mass is 10.0. The van der Waals surface area contributed by atoms with Crippen LogP contribution in [0, 0.1) is 0 Å². The normalized spacial score (nSPS) is 19.6. The Kier molecular flexibility index (Phi) is 8.38. The van der Waals surface area contributed by atoms with E-state index in [9.17, 15) is 9.90 Å². The van der Waals surface area contributed by atoms with E-state index < -0.39 is 6.29 Å². The van der Waals surface area contributed by atoms with E-state index in [2.05, 4.69) is 16.7 Å². The third-order valence-electron chi connectivity index (χ3n) is 6.06. The topological polar surface area (TPSA) is 92.7 Å². The van der Waals surface area contributed by atoms with Crippen LogP contribution < -0.4 is 10.6 Å². The zero-order chi connectivity index (χ0) is 25.6. The van der Waals surface area contributed by atoms with Gasteiger partial charge in [-0.25, -0.2) is 9.78 Å². The molecule has 37 heavy (non-hydrogen) atoms. The van der Waals surface area contributed by atoms with Gasteiger partial charge >= 0.3 is 6.03 Å². The molecule has 192 valence electrons. The van der Waals surface area contributed by atoms with Gasteiger partial charge in [0.15, 0.2) is 10.6 Å². The lowest BCUT2D eigenvalue weighted by Gasteiger charge is -2.36. The van der Waals surface area contributed by atoms with E-state index in [0.29, 0.717) is 18.7 Å². The number of nitrogens with zero attached hydrogens (tertiary/aromatic N) is 1. The molecule has 1 fully saturated rings. The summed E-state index contributed by atoms with van der Waals surface area (Å²) >= 11 is 3.40. The summed E-state index contributed by atoms with van der Waals surface area (Å²) in [6.45, 7) is 2.44. The first-order valence-electron chi connectivity index (χ1n) is 12.2. The fourth-order valence-electron chi connectivity index (χ4n) is 4.16. The second-order valence-corrected chi connectivity index (χ2v) is 11.0. The fraction of sp³-hybridized carbons (Fsp3) is 0.286. The molecule has 3 atom stereocenters. The number of carbonyl (C=O) groups excluding carboxylic acids is 1. The molecule has 2 heterocycles. The van der Waals surface area contributed by atoms with Gasteiger partial charge in [-0.15, -0.1) is 11.3 Å². The van der Waals surface area contributed by atoms with Gasteiger partial charge in [0.05, 0.1) is 29.0 Å². The number of aromatic nitrogens is 1. The van der Waals surface area contributed by atoms with Crippen LogP contribution in [0.25, 0.3) is 10.2 Å². The monoisotopic (exact) mass is 535 g/mol. The highest BCUT2D eigenvalue weighted by Gasteiger charge is 2.32. The average molecular weight is 536 g/mol. The number of thioether (sulfide) groups is 1. The van der Waals surface area contributed by atoms with Crippen LogP contribution >= 0.6 is 23.1 Å². The molecule has 0 radical (unpaired) electrons. The quantitative estimate of drug-likeness (QED) is 0.230. The van der Waals surface area contributed by atoms with Crippen molar-refractivity contribution in [1.82, 2.24) is 10.3 Å². The highest BCUT2D eigenvalue weighted by Crippen LogP contribution is 2.40. The molecular formula is C28H29N3O4S2. The van der Waals surface area contributed by atoms with Gasteiger partial charge in [0.25, 0.3) is 0 Å². The fourth-order valence-corrected chi connectivity index (χ4v) is 6.27. The Morgan fingerprint density at radius 2 is 1.81 bits per heavy atom. The van der Waals surface area contributed by atoms with Crippen LogP contribution in [0.1, 0.15) is 42.4 Å². The number of fused-ring (bicyclic) bond motifs is 1. The Hall–Kier alpha value is -2.95. The van der Waals surface area contributed by atoms with Crippen molar-refractivity contribution in [3.63, 3.8) is 0 Å². The summed E-state index contributed by atoms with van der Waals surface area (Å²) in [5.74, 6) is 0.752. The maximum atomic E-state index is 11.8. The summed E-state index contributed by atoms with van der Waals surface area (Å²) in [6.07, 6.45) is -0.0354. The summed E-state index contributed by atoms with van der Waals surface area (Å²) < 4.78 is 15.0. The molecule has 9 heteroatoms. The minimum atomic E-state index is -0.546. The number of thiazole rings is 1. The lowest BCUT2D eigenvalue weighted by Crippen LogP contribution is -2.31. The number of nitrogens with one attached hydrogen (secondary N) is 2. The van der Waals surface area contributed by atoms with Crippen LogP contribution in [0.5, 0.6) is 0 Å². The molecule has 5 rings (SSSR count). The summed E-state index contributed by atoms with van der Waals surface area (Å²) in [7, 11) is 0. The van der Waals surface area contributed by atoms with Crippen molar-refractivity contribution in [2.24, 2.45) is 0 Å². The first-order chi connectivity index (χ1) is 18.1. The second kappa shape index (κ2) is 12.1. The van der Waals surface area contributed by atoms with Crippen molar-refractivity contribution < 1.29 is 19.4 Å². The van der Waals surface area contributed by atoms with Crippen LogP contribution in [0.4, 0.5) is 10.5 Å². The van der Waals surface area contributed by atoms with Gasteiger partial charge < -0.3 is 25.2 Å². The Morgan fingerprint density at radius 1 is 1.05 bits per heavy atom. The number of aliphatic hydroxyl groups excluding tert-OH is 1. The molecule has 1 aliphatic heterocycles. The highest BCUT2D eigenvalue weighted by atomic mass is 32.2. The van der Waals surface area contributed by atoms with E-state index in [1.165, 1.54) is 4.70 Å². The van der Waals surface area contributed by atoms with E-state index in [-0.39, 0.29) is 24.8 Å². The predicted octanol–water partition coefficient (Wildman–Crippen LogP) is 6.27. The number of anilines is 1. The Morgan fingerprint density at radius 3 is 2.54 bits per heavy atom. The number of aliphatic hydroxyl groups is 1. The maximum Gasteiger partial charge on any atom is 0.319 e. The van der Waals surface area contributed by atoms with Crippen molar-refractivity contribution in [3.05, 3.63) is 89.5 Å². The maximum absolute atomic E-state index is 11.8. The lowest BCUT2D eigenvalue weighted by molar-refractivity contribution is -0.245. The SMILES string of the molecule is CCNC(=O)Nc1ccc(C2OC(CSc3nc4ccccc4s3)CC(c3ccc(CO)cc3)O2)cc1. The molecule has 0 saturated carbocycles. The number of benzene rings is 3. The molecule has 0 aliphatic carbocycles. The third kappa shape index (κ3) is 6.49. The minimum absolute atomic E-state index is 0.00956. The van der Waals surface area contributed by atoms with Crippen molar-refractivity contribution in [2.75, 3.05) is 17.6 Å². The second-order valence-electron chi connectivity index (χ2n) is 8.72. The van der Waals surface area contributed by atoms with Crippen molar-refractivity contribution >= 4 is 45.0 Å². The number of ether oxygens (including phenoxy) is 2. The number of rotatable bonds is 8. The van der Waals surface area contributed by atoms with Gasteiger partial charge in [0, 0.05) is 30.0 Å². The third-order valence-corrected chi connectivity index (χ3v) is 8.37. The van der Waals surface area contributed by atoms with Gasteiger partial charge in [0.1, 0.15) is 0 Å². The Bertz CT molecular complexity index is 1290. The summed E-state index contributed by atoms with van der Waals surface area (Å²) in [5, 5.41) is 15.0. The van der Waals surface area contributed by atoms with Crippen LogP contribution in [0.3, 0.4) is 0 Å². The van der Waals surface area contributed by atoms with E-state index >= 15 is 0 Å². The zero-order valence-electron chi connectivity index (χ0n) is 20.4. The van der Waals surface area contributed by atoms with Crippen LogP contribution in [-0.2, 0) is 16.1 Å². The van der Waals surface area contributed by atoms with Crippen molar-refractivity contribution in [1.29, 1.82) is 0 Å². The summed E-state index contributed by atoms with van der Waals surface area (Å²) in [5.41, 5.74) is 4.52. The smallest absolute Gasteiger partial charge is 0.319 e. The molecule has 3 aromatic carbocycles. The number of amides is 2. The molecule has 1 aliphatic rings. The standard InChI is InChI=1S/C28H29N3O4S2/c1-2-29-27(33)30-21-13-11-20(12-14-21)26-34-22(15-24(35-26)19-9-7-18(16-32)8-10-19)17-36-28-31-23-5-3-4-6-25(23)37-28/h3-14,22,24,26,32H,2,15-17H2,1H3,(H2,29,30,33). The molecule has 0 spiro atoms. The molecule has 1 saturated heterocycles. The number of hydrogen-bond acceptors (Lipinski definition) is 7. The molecular weight excluding hydrogens is 506 g/mol. The zero-order valence-corrected chi connectivity index (χ0v) is 22.1. The Labute approximate surface area is 224 Å². The number of urea groups is 1. The van der Waals surface area contributed by atoms with Gasteiger partial charge in [-0.3, -0.25) is 0 Å². The van der Waals surface area contributed by atoms with Crippen LogP contribution in [0.15, 0.2) is 77.1 Å². The van der Waals surface area contributed by atoms with Gasteiger partial charge in [-0.05, 0) is 42.3 Å². The van der Waals surface area contributed by atoms with Gasteiger partial charge in [-0.2, -0.15) is 0 Å². The molecule has 3 unspecified atom stereocenters. The van der Waals surface area contributed by atoms with E-state index in [4.69, 9.17) is 14.5 Å². The number of hydrogen-bond donors (Lipinski definition) is 3. The van der Waals surface area contributed by atoms with Crippen molar-refractivity contribution in [3.8, 4) is 0 Å². The molecule has 0 bridgehead atoms. The van der Waals surface area contributed by atoms with Gasteiger partial charge in [-0.1, -0.05) is 60.3 Å². The van der Waals surface area contributed by atoms with Crippen molar-refractivity contribution in [2.45, 2.75) is 42.8 Å². The van der Waals surface area contributed by atoms with Crippen LogP contribution in [0.2, 0.25) is 0 Å². The molecule has 4 aromatic rings. The van der Waals surface area contributed by atoms with Crippen LogP contribution in [-0.4, -0.2) is 34.5 Å². The first kappa shape index (κ1) is 25.7. The first-order valence-corrected chi connectivity index (χ1v) is 14.0. The predicted molar refractivity (Wildman–Crippen MR) is 148 cm³/mol. The molecule has 1 aromatic heterocycles. The molecule has 7 nitrogen and oxygen atoms in total. The highest BCUT2D eigenvalue weighted by molar-refractivity contribution is 8.01. The largest absolute Gasteiger partial charge is 0.392 e. The van der Waals surface area contributed by atoms with E-state index in [1.807, 2.05) is 73.7 Å². The summed E-state index contributed by atoms with van der Waals surface area (Å²) in [6, 6.07) is 23.3. The average Bonchev–Trinajstić information content (AvgIpc) is 3.35. The number of para-hydroxylation sites is 1. The van der Waals surface area contributed by atoms with Gasteiger partial charge in [0.2, 0.25) is 0 Å². The summed E-state index contributed by atoms with van der Waals surface area (Å²) in [4.78, 5) is 16.6. The molecule has 3 N–H and O–H groups in total. The van der Waals surface area contributed by atoms with E-state index in [0.717, 1.165) is 32.3 Å². The number of carbonyl (C=O) groups is 1. The van der Waals surface area contributed by atoms with E-state index in [1.54, 1.807) is 23.1 Å².